The van der Waals surface area contributed by atoms with Crippen molar-refractivity contribution in [1.29, 1.82) is 5.26 Å². The SMILES string of the molecule is Cc1cc(S(=O)(=O)Nc2c(C)n[nH]c2C)ccc1C#N. The molecule has 20 heavy (non-hydrogen) atoms. The van der Waals surface area contributed by atoms with Crippen LogP contribution in [0.15, 0.2) is 23.1 Å². The summed E-state index contributed by atoms with van der Waals surface area (Å²) in [4.78, 5) is 0.119. The molecule has 0 bridgehead atoms. The van der Waals surface area contributed by atoms with Crippen LogP contribution in [0.5, 0.6) is 0 Å². The normalized spacial score (nSPS) is 11.1. The average molecular weight is 290 g/mol. The zero-order valence-corrected chi connectivity index (χ0v) is 12.2. The molecule has 0 aliphatic carbocycles. The number of hydrogen-bond donors (Lipinski definition) is 2. The fourth-order valence-electron chi connectivity index (χ4n) is 1.82. The van der Waals surface area contributed by atoms with Gasteiger partial charge in [0.25, 0.3) is 10.0 Å². The molecule has 0 radical (unpaired) electrons. The Hall–Kier alpha value is -2.33. The molecule has 0 fully saturated rings. The van der Waals surface area contributed by atoms with Crippen LogP contribution >= 0.6 is 0 Å². The van der Waals surface area contributed by atoms with Gasteiger partial charge in [-0.2, -0.15) is 10.4 Å². The number of sulfonamides is 1. The van der Waals surface area contributed by atoms with Gasteiger partial charge in [0.15, 0.2) is 0 Å². The maximum Gasteiger partial charge on any atom is 0.262 e. The number of anilines is 1. The summed E-state index contributed by atoms with van der Waals surface area (Å²) in [6.07, 6.45) is 0. The first-order valence-electron chi connectivity index (χ1n) is 5.90. The number of aromatic amines is 1. The molecule has 1 heterocycles. The largest absolute Gasteiger partial charge is 0.280 e. The highest BCUT2D eigenvalue weighted by molar-refractivity contribution is 7.92. The van der Waals surface area contributed by atoms with Crippen molar-refractivity contribution in [1.82, 2.24) is 10.2 Å². The minimum absolute atomic E-state index is 0.119. The Morgan fingerprint density at radius 3 is 2.50 bits per heavy atom. The number of H-pyrrole nitrogens is 1. The van der Waals surface area contributed by atoms with E-state index in [1.165, 1.54) is 18.2 Å². The fraction of sp³-hybridized carbons (Fsp3) is 0.231. The molecule has 0 unspecified atom stereocenters. The van der Waals surface area contributed by atoms with Crippen molar-refractivity contribution < 1.29 is 8.42 Å². The molecule has 2 rings (SSSR count). The Kier molecular flexibility index (Phi) is 3.51. The number of rotatable bonds is 3. The Morgan fingerprint density at radius 2 is 2.00 bits per heavy atom. The van der Waals surface area contributed by atoms with E-state index in [-0.39, 0.29) is 4.90 Å². The van der Waals surface area contributed by atoms with Crippen molar-refractivity contribution in [3.63, 3.8) is 0 Å². The smallest absolute Gasteiger partial charge is 0.262 e. The van der Waals surface area contributed by atoms with Crippen molar-refractivity contribution in [3.8, 4) is 6.07 Å². The second kappa shape index (κ2) is 4.98. The molecule has 0 aliphatic rings. The molecule has 104 valence electrons. The van der Waals surface area contributed by atoms with Crippen molar-refractivity contribution >= 4 is 15.7 Å². The standard InChI is InChI=1S/C13H14N4O2S/c1-8-6-12(5-4-11(8)7-14)20(18,19)17-13-9(2)15-16-10(13)3/h4-6,17H,1-3H3,(H,15,16). The van der Waals surface area contributed by atoms with Gasteiger partial charge in [-0.15, -0.1) is 0 Å². The Balaban J connectivity index is 2.42. The first kappa shape index (κ1) is 14.1. The van der Waals surface area contributed by atoms with Gasteiger partial charge in [-0.25, -0.2) is 8.42 Å². The van der Waals surface area contributed by atoms with E-state index in [0.717, 1.165) is 0 Å². The molecule has 0 spiro atoms. The second-order valence-corrected chi connectivity index (χ2v) is 6.19. The monoisotopic (exact) mass is 290 g/mol. The number of nitrogens with one attached hydrogen (secondary N) is 2. The molecule has 0 aliphatic heterocycles. The number of aromatic nitrogens is 2. The van der Waals surface area contributed by atoms with Gasteiger partial charge in [0.2, 0.25) is 0 Å². The summed E-state index contributed by atoms with van der Waals surface area (Å²) in [5.74, 6) is 0. The summed E-state index contributed by atoms with van der Waals surface area (Å²) >= 11 is 0. The van der Waals surface area contributed by atoms with Gasteiger partial charge in [-0.05, 0) is 44.5 Å². The number of benzene rings is 1. The lowest BCUT2D eigenvalue weighted by Gasteiger charge is -2.09. The van der Waals surface area contributed by atoms with Crippen LogP contribution < -0.4 is 4.72 Å². The maximum atomic E-state index is 12.3. The van der Waals surface area contributed by atoms with Crippen LogP contribution in [0.1, 0.15) is 22.5 Å². The van der Waals surface area contributed by atoms with E-state index in [1.807, 2.05) is 6.07 Å². The third-order valence-electron chi connectivity index (χ3n) is 2.99. The Labute approximate surface area is 117 Å². The minimum Gasteiger partial charge on any atom is -0.280 e. The van der Waals surface area contributed by atoms with Gasteiger partial charge in [0.05, 0.1) is 33.6 Å². The molecule has 2 aromatic rings. The van der Waals surface area contributed by atoms with E-state index in [0.29, 0.717) is 28.2 Å². The van der Waals surface area contributed by atoms with Crippen LogP contribution in [0.3, 0.4) is 0 Å². The third-order valence-corrected chi connectivity index (χ3v) is 4.34. The lowest BCUT2D eigenvalue weighted by molar-refractivity contribution is 0.601. The molecule has 0 saturated heterocycles. The summed E-state index contributed by atoms with van der Waals surface area (Å²) in [5, 5.41) is 15.5. The highest BCUT2D eigenvalue weighted by Gasteiger charge is 2.18. The van der Waals surface area contributed by atoms with Gasteiger partial charge in [0, 0.05) is 0 Å². The first-order valence-corrected chi connectivity index (χ1v) is 7.38. The van der Waals surface area contributed by atoms with E-state index < -0.39 is 10.0 Å². The predicted octanol–water partition coefficient (Wildman–Crippen LogP) is 2.01. The summed E-state index contributed by atoms with van der Waals surface area (Å²) in [7, 11) is -3.70. The number of nitriles is 1. The number of hydrogen-bond acceptors (Lipinski definition) is 4. The van der Waals surface area contributed by atoms with Gasteiger partial charge in [-0.3, -0.25) is 9.82 Å². The van der Waals surface area contributed by atoms with Crippen LogP contribution in [-0.4, -0.2) is 18.6 Å². The van der Waals surface area contributed by atoms with Crippen molar-refractivity contribution in [2.24, 2.45) is 0 Å². The molecule has 7 heteroatoms. The molecule has 6 nitrogen and oxygen atoms in total. The van der Waals surface area contributed by atoms with E-state index in [2.05, 4.69) is 14.9 Å². The molecule has 2 N–H and O–H groups in total. The predicted molar refractivity (Wildman–Crippen MR) is 74.8 cm³/mol. The summed E-state index contributed by atoms with van der Waals surface area (Å²) < 4.78 is 27.2. The van der Waals surface area contributed by atoms with E-state index >= 15 is 0 Å². The highest BCUT2D eigenvalue weighted by Crippen LogP contribution is 2.22. The van der Waals surface area contributed by atoms with Gasteiger partial charge < -0.3 is 0 Å². The van der Waals surface area contributed by atoms with E-state index in [9.17, 15) is 8.42 Å². The van der Waals surface area contributed by atoms with Gasteiger partial charge in [0.1, 0.15) is 0 Å². The molecular weight excluding hydrogens is 276 g/mol. The Bertz CT molecular complexity index is 781. The van der Waals surface area contributed by atoms with Gasteiger partial charge >= 0.3 is 0 Å². The molecule has 0 amide bonds. The minimum atomic E-state index is -3.70. The van der Waals surface area contributed by atoms with Crippen LogP contribution in [-0.2, 0) is 10.0 Å². The molecule has 1 aromatic heterocycles. The lowest BCUT2D eigenvalue weighted by atomic mass is 10.1. The summed E-state index contributed by atoms with van der Waals surface area (Å²) in [6.45, 7) is 5.15. The van der Waals surface area contributed by atoms with Crippen molar-refractivity contribution in [2.75, 3.05) is 4.72 Å². The molecule has 1 aromatic carbocycles. The topological polar surface area (TPSA) is 98.6 Å². The van der Waals surface area contributed by atoms with Crippen LogP contribution in [0.2, 0.25) is 0 Å². The Morgan fingerprint density at radius 1 is 1.30 bits per heavy atom. The fourth-order valence-corrected chi connectivity index (χ4v) is 3.09. The van der Waals surface area contributed by atoms with Crippen molar-refractivity contribution in [3.05, 3.63) is 40.7 Å². The zero-order valence-electron chi connectivity index (χ0n) is 11.4. The van der Waals surface area contributed by atoms with Crippen LogP contribution in [0.4, 0.5) is 5.69 Å². The molecule has 0 atom stereocenters. The second-order valence-electron chi connectivity index (χ2n) is 4.50. The lowest BCUT2D eigenvalue weighted by Crippen LogP contribution is -2.14. The average Bonchev–Trinajstić information content (AvgIpc) is 2.70. The van der Waals surface area contributed by atoms with Crippen molar-refractivity contribution in [2.45, 2.75) is 25.7 Å². The molecule has 0 saturated carbocycles. The zero-order chi connectivity index (χ0) is 14.9. The maximum absolute atomic E-state index is 12.3. The highest BCUT2D eigenvalue weighted by atomic mass is 32.2. The van der Waals surface area contributed by atoms with Gasteiger partial charge in [-0.1, -0.05) is 0 Å². The number of nitrogens with zero attached hydrogens (tertiary/aromatic N) is 2. The summed E-state index contributed by atoms with van der Waals surface area (Å²) in [5.41, 5.74) is 2.76. The first-order chi connectivity index (χ1) is 9.35. The van der Waals surface area contributed by atoms with E-state index in [1.54, 1.807) is 20.8 Å². The number of aryl methyl sites for hydroxylation is 3. The summed E-state index contributed by atoms with van der Waals surface area (Å²) in [6, 6.07) is 6.40. The third kappa shape index (κ3) is 2.51. The van der Waals surface area contributed by atoms with Crippen LogP contribution in [0.25, 0.3) is 0 Å². The molecular formula is C13H14N4O2S. The van der Waals surface area contributed by atoms with Crippen LogP contribution in [0, 0.1) is 32.1 Å². The quantitative estimate of drug-likeness (QED) is 0.903. The van der Waals surface area contributed by atoms with E-state index in [4.69, 9.17) is 5.26 Å².